The van der Waals surface area contributed by atoms with Gasteiger partial charge in [-0.3, -0.25) is 0 Å². The Hall–Kier alpha value is -1.57. The molecule has 0 aliphatic rings. The van der Waals surface area contributed by atoms with Crippen LogP contribution < -0.4 is 0 Å². The highest BCUT2D eigenvalue weighted by Gasteiger charge is 2.24. The third-order valence-corrected chi connectivity index (χ3v) is 5.08. The number of sulfonamides is 1. The van der Waals surface area contributed by atoms with Gasteiger partial charge in [-0.15, -0.1) is 0 Å². The van der Waals surface area contributed by atoms with Crippen LogP contribution >= 0.6 is 0 Å². The van der Waals surface area contributed by atoms with E-state index in [9.17, 15) is 8.42 Å². The van der Waals surface area contributed by atoms with Crippen LogP contribution in [0.3, 0.4) is 0 Å². The Bertz CT molecular complexity index is 700. The van der Waals surface area contributed by atoms with Gasteiger partial charge in [0.1, 0.15) is 10.7 Å². The van der Waals surface area contributed by atoms with Crippen molar-refractivity contribution >= 4 is 10.0 Å². The molecule has 0 aliphatic carbocycles. The van der Waals surface area contributed by atoms with Crippen LogP contribution in [0.4, 0.5) is 0 Å². The monoisotopic (exact) mass is 298 g/mol. The van der Waals surface area contributed by atoms with Crippen molar-refractivity contribution < 1.29 is 17.9 Å². The van der Waals surface area contributed by atoms with Gasteiger partial charge >= 0.3 is 0 Å². The van der Waals surface area contributed by atoms with E-state index in [1.807, 2.05) is 0 Å². The highest BCUT2D eigenvalue weighted by Crippen LogP contribution is 2.20. The zero-order chi connectivity index (χ0) is 14.9. The Morgan fingerprint density at radius 1 is 1.45 bits per heavy atom. The van der Waals surface area contributed by atoms with Crippen molar-refractivity contribution in [2.75, 3.05) is 7.05 Å². The van der Waals surface area contributed by atoms with Crippen LogP contribution in [-0.4, -0.2) is 29.4 Å². The summed E-state index contributed by atoms with van der Waals surface area (Å²) in [6.07, 6.45) is 3.04. The van der Waals surface area contributed by atoms with Crippen LogP contribution in [0.15, 0.2) is 33.9 Å². The number of aromatic nitrogens is 1. The van der Waals surface area contributed by atoms with Gasteiger partial charge in [-0.1, -0.05) is 0 Å². The lowest BCUT2D eigenvalue weighted by atomic mass is 10.3. The first-order chi connectivity index (χ1) is 9.36. The fourth-order valence-corrected chi connectivity index (χ4v) is 3.20. The minimum Gasteiger partial charge on any atom is -0.469 e. The van der Waals surface area contributed by atoms with E-state index in [0.29, 0.717) is 11.5 Å². The molecular formula is C13H18N2O4S. The first-order valence-electron chi connectivity index (χ1n) is 6.11. The van der Waals surface area contributed by atoms with Crippen molar-refractivity contribution in [2.24, 2.45) is 7.05 Å². The van der Waals surface area contributed by atoms with Crippen molar-refractivity contribution in [1.82, 2.24) is 8.87 Å². The highest BCUT2D eigenvalue weighted by atomic mass is 32.2. The lowest BCUT2D eigenvalue weighted by Gasteiger charge is -2.15. The van der Waals surface area contributed by atoms with Gasteiger partial charge in [-0.25, -0.2) is 8.42 Å². The first-order valence-corrected chi connectivity index (χ1v) is 7.55. The highest BCUT2D eigenvalue weighted by molar-refractivity contribution is 7.89. The average Bonchev–Trinajstić information content (AvgIpc) is 2.96. The average molecular weight is 298 g/mol. The fourth-order valence-electron chi connectivity index (χ4n) is 1.96. The van der Waals surface area contributed by atoms with Gasteiger partial charge in [0.15, 0.2) is 0 Å². The van der Waals surface area contributed by atoms with E-state index < -0.39 is 10.0 Å². The second-order valence-electron chi connectivity index (χ2n) is 4.70. The van der Waals surface area contributed by atoms with Crippen molar-refractivity contribution in [3.8, 4) is 0 Å². The van der Waals surface area contributed by atoms with Gasteiger partial charge in [0.2, 0.25) is 10.0 Å². The summed E-state index contributed by atoms with van der Waals surface area (Å²) in [5.41, 5.74) is 1.38. The number of hydrogen-bond acceptors (Lipinski definition) is 4. The predicted molar refractivity (Wildman–Crippen MR) is 73.4 cm³/mol. The molecule has 7 heteroatoms. The summed E-state index contributed by atoms with van der Waals surface area (Å²) in [6, 6.07) is 3.24. The van der Waals surface area contributed by atoms with E-state index in [0.717, 1.165) is 5.56 Å². The first kappa shape index (κ1) is 14.8. The summed E-state index contributed by atoms with van der Waals surface area (Å²) in [7, 11) is -0.363. The maximum atomic E-state index is 12.5. The minimum atomic E-state index is -3.58. The number of aliphatic hydroxyl groups is 1. The lowest BCUT2D eigenvalue weighted by molar-refractivity contribution is 0.272. The number of rotatable bonds is 5. The molecule has 1 N–H and O–H groups in total. The number of furan rings is 1. The third kappa shape index (κ3) is 2.65. The summed E-state index contributed by atoms with van der Waals surface area (Å²) in [6.45, 7) is 1.84. The van der Waals surface area contributed by atoms with Crippen LogP contribution in [0.2, 0.25) is 0 Å². The predicted octanol–water partition coefficient (Wildman–Crippen LogP) is 1.24. The van der Waals surface area contributed by atoms with Crippen LogP contribution in [0.25, 0.3) is 0 Å². The molecule has 0 amide bonds. The van der Waals surface area contributed by atoms with Crippen LogP contribution in [0.5, 0.6) is 0 Å². The molecule has 0 saturated heterocycles. The SMILES string of the molecule is Cc1occc1CN(C)S(=O)(=O)c1cc(CO)n(C)c1. The Balaban J connectivity index is 2.27. The molecular weight excluding hydrogens is 280 g/mol. The van der Waals surface area contributed by atoms with Gasteiger partial charge in [-0.05, 0) is 19.1 Å². The van der Waals surface area contributed by atoms with Gasteiger partial charge in [0, 0.05) is 38.1 Å². The molecule has 110 valence electrons. The smallest absolute Gasteiger partial charge is 0.244 e. The Morgan fingerprint density at radius 2 is 2.15 bits per heavy atom. The molecule has 0 fully saturated rings. The molecule has 2 rings (SSSR count). The molecule has 0 aliphatic heterocycles. The molecule has 0 bridgehead atoms. The molecule has 0 aromatic carbocycles. The van der Waals surface area contributed by atoms with Crippen LogP contribution in [-0.2, 0) is 30.2 Å². The van der Waals surface area contributed by atoms with Gasteiger partial charge in [0.25, 0.3) is 0 Å². The summed E-state index contributed by atoms with van der Waals surface area (Å²) in [5.74, 6) is 0.705. The molecule has 0 unspecified atom stereocenters. The van der Waals surface area contributed by atoms with Gasteiger partial charge in [-0.2, -0.15) is 4.31 Å². The Morgan fingerprint density at radius 3 is 2.65 bits per heavy atom. The van der Waals surface area contributed by atoms with E-state index in [1.165, 1.54) is 29.9 Å². The Labute approximate surface area is 118 Å². The fraction of sp³-hybridized carbons (Fsp3) is 0.385. The maximum Gasteiger partial charge on any atom is 0.244 e. The molecule has 20 heavy (non-hydrogen) atoms. The Kier molecular flexibility index (Phi) is 4.03. The summed E-state index contributed by atoms with van der Waals surface area (Å²) >= 11 is 0. The maximum absolute atomic E-state index is 12.5. The number of hydrogen-bond donors (Lipinski definition) is 1. The normalized spacial score (nSPS) is 12.2. The molecule has 6 nitrogen and oxygen atoms in total. The number of aliphatic hydroxyl groups excluding tert-OH is 1. The zero-order valence-electron chi connectivity index (χ0n) is 11.7. The van der Waals surface area contributed by atoms with Crippen molar-refractivity contribution in [2.45, 2.75) is 25.0 Å². The third-order valence-electron chi connectivity index (χ3n) is 3.31. The van der Waals surface area contributed by atoms with E-state index in [2.05, 4.69) is 0 Å². The minimum absolute atomic E-state index is 0.174. The zero-order valence-corrected chi connectivity index (χ0v) is 12.5. The summed E-state index contributed by atoms with van der Waals surface area (Å²) in [5, 5.41) is 9.14. The molecule has 2 heterocycles. The second kappa shape index (κ2) is 5.43. The van der Waals surface area contributed by atoms with Crippen molar-refractivity contribution in [1.29, 1.82) is 0 Å². The largest absolute Gasteiger partial charge is 0.469 e. The molecule has 2 aromatic heterocycles. The molecule has 2 aromatic rings. The summed E-state index contributed by atoms with van der Waals surface area (Å²) < 4.78 is 32.9. The quantitative estimate of drug-likeness (QED) is 0.901. The lowest BCUT2D eigenvalue weighted by Crippen LogP contribution is -2.26. The van der Waals surface area contributed by atoms with Crippen LogP contribution in [0.1, 0.15) is 17.0 Å². The summed E-state index contributed by atoms with van der Waals surface area (Å²) in [4.78, 5) is 0.174. The standard InChI is InChI=1S/C13H18N2O4S/c1-10-11(4-5-19-10)7-15(3)20(17,18)13-6-12(9-16)14(2)8-13/h4-6,8,16H,7,9H2,1-3H3. The van der Waals surface area contributed by atoms with E-state index in [1.54, 1.807) is 24.6 Å². The van der Waals surface area contributed by atoms with Crippen molar-refractivity contribution in [3.63, 3.8) is 0 Å². The molecule has 0 spiro atoms. The molecule has 0 saturated carbocycles. The van der Waals surface area contributed by atoms with E-state index in [-0.39, 0.29) is 18.0 Å². The van der Waals surface area contributed by atoms with E-state index >= 15 is 0 Å². The second-order valence-corrected chi connectivity index (χ2v) is 6.74. The van der Waals surface area contributed by atoms with E-state index in [4.69, 9.17) is 9.52 Å². The molecule has 0 radical (unpaired) electrons. The number of aryl methyl sites for hydroxylation is 2. The topological polar surface area (TPSA) is 75.7 Å². The van der Waals surface area contributed by atoms with Crippen LogP contribution in [0, 0.1) is 6.92 Å². The van der Waals surface area contributed by atoms with Gasteiger partial charge in [0.05, 0.1) is 12.9 Å². The van der Waals surface area contributed by atoms with Crippen molar-refractivity contribution in [3.05, 3.63) is 41.6 Å². The number of nitrogens with zero attached hydrogens (tertiary/aromatic N) is 2. The van der Waals surface area contributed by atoms with Gasteiger partial charge < -0.3 is 14.1 Å². The molecule has 0 atom stereocenters.